The van der Waals surface area contributed by atoms with E-state index in [1.807, 2.05) is 0 Å². The minimum absolute atomic E-state index is 0.335. The fraction of sp³-hybridized carbons (Fsp3) is 0.720. The van der Waals surface area contributed by atoms with Gasteiger partial charge in [0.15, 0.2) is 11.5 Å². The summed E-state index contributed by atoms with van der Waals surface area (Å²) in [6.07, 6.45) is 10.6. The third-order valence-corrected chi connectivity index (χ3v) is 7.69. The van der Waals surface area contributed by atoms with Crippen molar-refractivity contribution in [1.29, 1.82) is 0 Å². The lowest BCUT2D eigenvalue weighted by molar-refractivity contribution is 0.0270. The first-order chi connectivity index (χ1) is 15.1. The monoisotopic (exact) mass is 431 g/mol. The van der Waals surface area contributed by atoms with Crippen molar-refractivity contribution in [3.8, 4) is 17.2 Å². The normalized spacial score (nSPS) is 26.9. The van der Waals surface area contributed by atoms with Gasteiger partial charge in [-0.1, -0.05) is 32.1 Å². The van der Waals surface area contributed by atoms with Crippen molar-refractivity contribution in [1.82, 2.24) is 4.90 Å². The maximum atomic E-state index is 12.8. The molecule has 3 aliphatic rings. The van der Waals surface area contributed by atoms with E-state index in [1.165, 1.54) is 58.0 Å². The van der Waals surface area contributed by atoms with Crippen LogP contribution in [0.1, 0.15) is 61.7 Å². The number of esters is 1. The third kappa shape index (κ3) is 4.79. The van der Waals surface area contributed by atoms with E-state index in [9.17, 15) is 4.79 Å². The lowest BCUT2D eigenvalue weighted by Gasteiger charge is -2.36. The van der Waals surface area contributed by atoms with Crippen LogP contribution >= 0.6 is 0 Å². The molecule has 1 saturated carbocycles. The predicted molar refractivity (Wildman–Crippen MR) is 119 cm³/mol. The van der Waals surface area contributed by atoms with Crippen molar-refractivity contribution >= 4 is 5.97 Å². The lowest BCUT2D eigenvalue weighted by atomic mass is 9.78. The molecule has 2 saturated heterocycles. The zero-order valence-electron chi connectivity index (χ0n) is 19.2. The molecule has 6 heteroatoms. The van der Waals surface area contributed by atoms with Crippen molar-refractivity contribution in [2.45, 2.75) is 57.4 Å². The average Bonchev–Trinajstić information content (AvgIpc) is 3.27. The number of nitrogens with zero attached hydrogens (tertiary/aromatic N) is 1. The summed E-state index contributed by atoms with van der Waals surface area (Å²) in [5.74, 6) is 3.22. The first-order valence-corrected chi connectivity index (χ1v) is 11.9. The van der Waals surface area contributed by atoms with Gasteiger partial charge in [-0.25, -0.2) is 4.79 Å². The van der Waals surface area contributed by atoms with Crippen LogP contribution in [0.25, 0.3) is 0 Å². The first kappa shape index (κ1) is 22.3. The Kier molecular flexibility index (Phi) is 7.26. The number of carbonyl (C=O) groups excluding carboxylic acids is 1. The molecular formula is C25H37NO5. The summed E-state index contributed by atoms with van der Waals surface area (Å²) in [5.41, 5.74) is 0.425. The Bertz CT molecular complexity index is 735. The fourth-order valence-corrected chi connectivity index (χ4v) is 6.07. The van der Waals surface area contributed by atoms with Crippen LogP contribution in [0.15, 0.2) is 12.1 Å². The molecule has 1 aromatic carbocycles. The van der Waals surface area contributed by atoms with E-state index in [-0.39, 0.29) is 5.97 Å². The molecule has 0 amide bonds. The number of ether oxygens (including phenoxy) is 4. The van der Waals surface area contributed by atoms with E-state index >= 15 is 0 Å². The molecule has 3 fully saturated rings. The van der Waals surface area contributed by atoms with Crippen LogP contribution in [0.3, 0.4) is 0 Å². The molecule has 0 unspecified atom stereocenters. The molecular weight excluding hydrogens is 394 g/mol. The van der Waals surface area contributed by atoms with Gasteiger partial charge in [0.2, 0.25) is 5.75 Å². The minimum Gasteiger partial charge on any atom is -0.493 e. The molecule has 0 bridgehead atoms. The molecule has 6 nitrogen and oxygen atoms in total. The standard InChI is InChI=1S/C25H37NO5/c1-28-22-13-19(14-23(29-2)24(22)30-3)25(27)31-16-18-10-7-11-26-15-20(12-21(18)26)17-8-5-4-6-9-17/h13-14,17-18,20-21H,4-12,15-16H2,1-3H3/t18-,20+,21+/m0/s1. The first-order valence-electron chi connectivity index (χ1n) is 11.9. The van der Waals surface area contributed by atoms with Crippen LogP contribution in [-0.2, 0) is 4.74 Å². The summed E-state index contributed by atoms with van der Waals surface area (Å²) in [6, 6.07) is 3.88. The molecule has 172 valence electrons. The maximum absolute atomic E-state index is 12.8. The third-order valence-electron chi connectivity index (χ3n) is 7.69. The predicted octanol–water partition coefficient (Wildman–Crippen LogP) is 4.55. The Balaban J connectivity index is 1.39. The van der Waals surface area contributed by atoms with Gasteiger partial charge in [-0.3, -0.25) is 4.90 Å². The van der Waals surface area contributed by atoms with E-state index < -0.39 is 0 Å². The Labute approximate surface area is 186 Å². The molecule has 4 rings (SSSR count). The number of methoxy groups -OCH3 is 3. The summed E-state index contributed by atoms with van der Waals surface area (Å²) < 4.78 is 21.9. The largest absolute Gasteiger partial charge is 0.493 e. The van der Waals surface area contributed by atoms with Gasteiger partial charge in [-0.05, 0) is 49.8 Å². The van der Waals surface area contributed by atoms with Gasteiger partial charge in [0.05, 0.1) is 33.5 Å². The molecule has 1 aliphatic carbocycles. The zero-order valence-corrected chi connectivity index (χ0v) is 19.2. The summed E-state index contributed by atoms with van der Waals surface area (Å²) >= 11 is 0. The quantitative estimate of drug-likeness (QED) is 0.591. The maximum Gasteiger partial charge on any atom is 0.338 e. The topological polar surface area (TPSA) is 57.2 Å². The Morgan fingerprint density at radius 2 is 1.65 bits per heavy atom. The van der Waals surface area contributed by atoms with E-state index in [0.29, 0.717) is 41.4 Å². The summed E-state index contributed by atoms with van der Waals surface area (Å²) in [7, 11) is 4.65. The molecule has 0 N–H and O–H groups in total. The highest BCUT2D eigenvalue weighted by atomic mass is 16.5. The molecule has 0 aromatic heterocycles. The summed E-state index contributed by atoms with van der Waals surface area (Å²) in [5, 5.41) is 0. The Hall–Kier alpha value is -1.95. The second-order valence-corrected chi connectivity index (χ2v) is 9.37. The zero-order chi connectivity index (χ0) is 21.8. The van der Waals surface area contributed by atoms with Crippen LogP contribution in [-0.4, -0.2) is 57.9 Å². The lowest BCUT2D eigenvalue weighted by Crippen LogP contribution is -2.42. The molecule has 31 heavy (non-hydrogen) atoms. The van der Waals surface area contributed by atoms with Crippen LogP contribution in [0.2, 0.25) is 0 Å². The molecule has 3 atom stereocenters. The molecule has 2 aliphatic heterocycles. The SMILES string of the molecule is COc1cc(C(=O)OC[C@@H]2CCCN3C[C@H](C4CCCCC4)C[C@H]23)cc(OC)c1OC. The second-order valence-electron chi connectivity index (χ2n) is 9.37. The van der Waals surface area contributed by atoms with Gasteiger partial charge in [-0.15, -0.1) is 0 Å². The molecule has 0 spiro atoms. The van der Waals surface area contributed by atoms with Crippen LogP contribution < -0.4 is 14.2 Å². The number of benzene rings is 1. The fourth-order valence-electron chi connectivity index (χ4n) is 6.07. The van der Waals surface area contributed by atoms with Crippen molar-refractivity contribution < 1.29 is 23.7 Å². The van der Waals surface area contributed by atoms with E-state index in [4.69, 9.17) is 18.9 Å². The number of piperidine rings is 1. The molecule has 0 radical (unpaired) electrons. The smallest absolute Gasteiger partial charge is 0.338 e. The number of hydrogen-bond donors (Lipinski definition) is 0. The average molecular weight is 432 g/mol. The van der Waals surface area contributed by atoms with Crippen LogP contribution in [0.5, 0.6) is 17.2 Å². The number of fused-ring (bicyclic) bond motifs is 1. The van der Waals surface area contributed by atoms with Gasteiger partial charge in [0.25, 0.3) is 0 Å². The van der Waals surface area contributed by atoms with E-state index in [2.05, 4.69) is 4.90 Å². The van der Waals surface area contributed by atoms with Gasteiger partial charge in [0, 0.05) is 18.5 Å². The number of hydrogen-bond acceptors (Lipinski definition) is 6. The van der Waals surface area contributed by atoms with Crippen molar-refractivity contribution in [3.63, 3.8) is 0 Å². The highest BCUT2D eigenvalue weighted by Gasteiger charge is 2.42. The van der Waals surface area contributed by atoms with Gasteiger partial charge in [-0.2, -0.15) is 0 Å². The van der Waals surface area contributed by atoms with Crippen molar-refractivity contribution in [2.24, 2.45) is 17.8 Å². The highest BCUT2D eigenvalue weighted by molar-refractivity contribution is 5.91. The van der Waals surface area contributed by atoms with Crippen molar-refractivity contribution in [2.75, 3.05) is 41.0 Å². The van der Waals surface area contributed by atoms with Gasteiger partial charge in [0.1, 0.15) is 0 Å². The minimum atomic E-state index is -0.335. The Morgan fingerprint density at radius 3 is 2.29 bits per heavy atom. The molecule has 2 heterocycles. The number of rotatable bonds is 7. The number of carbonyl (C=O) groups is 1. The summed E-state index contributed by atoms with van der Waals surface area (Å²) in [4.78, 5) is 15.5. The molecule has 1 aromatic rings. The second kappa shape index (κ2) is 10.1. The summed E-state index contributed by atoms with van der Waals surface area (Å²) in [6.45, 7) is 2.92. The Morgan fingerprint density at radius 1 is 0.935 bits per heavy atom. The van der Waals surface area contributed by atoms with Crippen LogP contribution in [0, 0.1) is 17.8 Å². The van der Waals surface area contributed by atoms with E-state index in [1.54, 1.807) is 33.5 Å². The van der Waals surface area contributed by atoms with Crippen LogP contribution in [0.4, 0.5) is 0 Å². The van der Waals surface area contributed by atoms with Gasteiger partial charge >= 0.3 is 5.97 Å². The highest BCUT2D eigenvalue weighted by Crippen LogP contribution is 2.42. The van der Waals surface area contributed by atoms with Crippen molar-refractivity contribution in [3.05, 3.63) is 17.7 Å². The van der Waals surface area contributed by atoms with E-state index in [0.717, 1.165) is 18.3 Å². The van der Waals surface area contributed by atoms with Gasteiger partial charge < -0.3 is 18.9 Å².